The lowest BCUT2D eigenvalue weighted by molar-refractivity contribution is -0.159. The number of aliphatic hydroxyl groups is 2. The summed E-state index contributed by atoms with van der Waals surface area (Å²) in [5, 5.41) is 25.1. The number of esters is 1. The maximum absolute atomic E-state index is 14.1. The molecule has 3 atom stereocenters. The first-order chi connectivity index (χ1) is 20.0. The molecule has 236 valence electrons. The Morgan fingerprint density at radius 2 is 1.40 bits per heavy atom. The van der Waals surface area contributed by atoms with Gasteiger partial charge in [0.25, 0.3) is 0 Å². The van der Waals surface area contributed by atoms with Gasteiger partial charge in [-0.2, -0.15) is 0 Å². The van der Waals surface area contributed by atoms with Crippen molar-refractivity contribution in [3.8, 4) is 0 Å². The van der Waals surface area contributed by atoms with E-state index in [0.717, 1.165) is 16.0 Å². The quantitative estimate of drug-likeness (QED) is 0.272. The third-order valence-corrected chi connectivity index (χ3v) is 6.04. The van der Waals surface area contributed by atoms with E-state index in [1.165, 1.54) is 0 Å². The third-order valence-electron chi connectivity index (χ3n) is 6.04. The molecule has 0 aliphatic carbocycles. The monoisotopic (exact) mass is 599 g/mol. The summed E-state index contributed by atoms with van der Waals surface area (Å²) in [5.74, 6) is -2.21. The van der Waals surface area contributed by atoms with E-state index in [4.69, 9.17) is 9.47 Å². The second kappa shape index (κ2) is 15.5. The molecule has 0 radical (unpaired) electrons. The van der Waals surface area contributed by atoms with E-state index in [-0.39, 0.29) is 13.0 Å². The predicted octanol–water partition coefficient (Wildman–Crippen LogP) is 2.81. The summed E-state index contributed by atoms with van der Waals surface area (Å²) < 4.78 is 10.8. The smallest absolute Gasteiger partial charge is 0.408 e. The van der Waals surface area contributed by atoms with E-state index in [0.29, 0.717) is 5.56 Å². The summed E-state index contributed by atoms with van der Waals surface area (Å²) >= 11 is 0. The Morgan fingerprint density at radius 1 is 0.814 bits per heavy atom. The van der Waals surface area contributed by atoms with Gasteiger partial charge in [0.15, 0.2) is 0 Å². The van der Waals surface area contributed by atoms with Crippen LogP contribution in [0.4, 0.5) is 4.79 Å². The number of carbonyl (C=O) groups is 4. The summed E-state index contributed by atoms with van der Waals surface area (Å²) in [6.45, 7) is 10.3. The number of amides is 3. The summed E-state index contributed by atoms with van der Waals surface area (Å²) in [4.78, 5) is 54.6. The molecule has 2 aromatic rings. The Hall–Kier alpha value is -3.96. The van der Waals surface area contributed by atoms with Crippen molar-refractivity contribution in [3.63, 3.8) is 0 Å². The van der Waals surface area contributed by atoms with Gasteiger partial charge in [-0.05, 0) is 59.6 Å². The standard InChI is InChI=1S/C32H45N3O8/c1-21-13-15-23(16-14-21)26(35(17-18-36)28(39)25(20-37)34-30(41)43-32(5,6)7)27(38)33-24(29(40)42-31(2,3)4)19-22-11-9-8-10-12-22/h8-16,24-26,36-37H,17-20H2,1-7H3,(H,33,38)(H,34,41). The molecule has 0 aliphatic heterocycles. The van der Waals surface area contributed by atoms with E-state index in [9.17, 15) is 29.4 Å². The van der Waals surface area contributed by atoms with Crippen LogP contribution in [0.15, 0.2) is 54.6 Å². The van der Waals surface area contributed by atoms with Crippen LogP contribution in [0, 0.1) is 6.92 Å². The summed E-state index contributed by atoms with van der Waals surface area (Å²) in [6.07, 6.45) is -0.816. The first kappa shape index (κ1) is 35.2. The fourth-order valence-electron chi connectivity index (χ4n) is 4.20. The average Bonchev–Trinajstić information content (AvgIpc) is 2.90. The molecule has 4 N–H and O–H groups in total. The zero-order chi connectivity index (χ0) is 32.4. The predicted molar refractivity (Wildman–Crippen MR) is 161 cm³/mol. The molecule has 3 unspecified atom stereocenters. The number of benzene rings is 2. The van der Waals surface area contributed by atoms with Crippen molar-refractivity contribution in [2.75, 3.05) is 19.8 Å². The van der Waals surface area contributed by atoms with Crippen LogP contribution in [-0.4, -0.2) is 82.0 Å². The Kier molecular flexibility index (Phi) is 12.7. The maximum Gasteiger partial charge on any atom is 0.408 e. The van der Waals surface area contributed by atoms with Gasteiger partial charge in [0, 0.05) is 13.0 Å². The van der Waals surface area contributed by atoms with E-state index in [2.05, 4.69) is 10.6 Å². The van der Waals surface area contributed by atoms with Crippen LogP contribution in [0.3, 0.4) is 0 Å². The third kappa shape index (κ3) is 11.7. The van der Waals surface area contributed by atoms with Gasteiger partial charge in [-0.3, -0.25) is 9.59 Å². The van der Waals surface area contributed by atoms with Crippen LogP contribution in [-0.2, 0) is 30.3 Å². The van der Waals surface area contributed by atoms with Crippen LogP contribution in [0.2, 0.25) is 0 Å². The molecule has 2 aromatic carbocycles. The van der Waals surface area contributed by atoms with Crippen molar-refractivity contribution in [1.29, 1.82) is 0 Å². The number of ether oxygens (including phenoxy) is 2. The fraction of sp³-hybridized carbons (Fsp3) is 0.500. The SMILES string of the molecule is Cc1ccc(C(C(=O)NC(Cc2ccccc2)C(=O)OC(C)(C)C)N(CCO)C(=O)C(CO)NC(=O)OC(C)(C)C)cc1. The van der Waals surface area contributed by atoms with E-state index in [1.807, 2.05) is 37.3 Å². The van der Waals surface area contributed by atoms with Crippen molar-refractivity contribution in [1.82, 2.24) is 15.5 Å². The van der Waals surface area contributed by atoms with Crippen LogP contribution >= 0.6 is 0 Å². The number of carbonyl (C=O) groups excluding carboxylic acids is 4. The molecule has 11 heteroatoms. The van der Waals surface area contributed by atoms with Crippen LogP contribution in [0.25, 0.3) is 0 Å². The highest BCUT2D eigenvalue weighted by Gasteiger charge is 2.38. The van der Waals surface area contributed by atoms with Gasteiger partial charge in [0.05, 0.1) is 13.2 Å². The molecule has 0 saturated heterocycles. The molecular formula is C32H45N3O8. The number of alkyl carbamates (subject to hydrolysis) is 1. The lowest BCUT2D eigenvalue weighted by atomic mass is 10.00. The molecule has 0 spiro atoms. The van der Waals surface area contributed by atoms with Gasteiger partial charge >= 0.3 is 12.1 Å². The molecule has 11 nitrogen and oxygen atoms in total. The lowest BCUT2D eigenvalue weighted by Gasteiger charge is -2.34. The summed E-state index contributed by atoms with van der Waals surface area (Å²) in [5.41, 5.74) is 0.376. The highest BCUT2D eigenvalue weighted by atomic mass is 16.6. The topological polar surface area (TPSA) is 154 Å². The molecule has 0 heterocycles. The van der Waals surface area contributed by atoms with Gasteiger partial charge in [0.1, 0.15) is 29.3 Å². The Bertz CT molecular complexity index is 1220. The first-order valence-corrected chi connectivity index (χ1v) is 14.2. The summed E-state index contributed by atoms with van der Waals surface area (Å²) in [7, 11) is 0. The highest BCUT2D eigenvalue weighted by Crippen LogP contribution is 2.24. The molecule has 43 heavy (non-hydrogen) atoms. The van der Waals surface area contributed by atoms with Gasteiger partial charge < -0.3 is 35.2 Å². The zero-order valence-corrected chi connectivity index (χ0v) is 26.0. The fourth-order valence-corrected chi connectivity index (χ4v) is 4.20. The molecule has 2 rings (SSSR count). The normalized spacial score (nSPS) is 13.7. The van der Waals surface area contributed by atoms with Gasteiger partial charge in [-0.25, -0.2) is 9.59 Å². The minimum atomic E-state index is -1.48. The number of aryl methyl sites for hydroxylation is 1. The first-order valence-electron chi connectivity index (χ1n) is 14.2. The van der Waals surface area contributed by atoms with E-state index >= 15 is 0 Å². The van der Waals surface area contributed by atoms with Crippen molar-refractivity contribution in [3.05, 3.63) is 71.3 Å². The van der Waals surface area contributed by atoms with E-state index < -0.39 is 66.4 Å². The molecule has 0 aromatic heterocycles. The van der Waals surface area contributed by atoms with Gasteiger partial charge in [0.2, 0.25) is 11.8 Å². The lowest BCUT2D eigenvalue weighted by Crippen LogP contribution is -2.56. The van der Waals surface area contributed by atoms with Gasteiger partial charge in [-0.15, -0.1) is 0 Å². The van der Waals surface area contributed by atoms with Crippen LogP contribution in [0.5, 0.6) is 0 Å². The molecule has 0 fully saturated rings. The summed E-state index contributed by atoms with van der Waals surface area (Å²) in [6, 6.07) is 12.0. The number of nitrogens with one attached hydrogen (secondary N) is 2. The molecule has 3 amide bonds. The number of nitrogens with zero attached hydrogens (tertiary/aromatic N) is 1. The van der Waals surface area contributed by atoms with Crippen molar-refractivity contribution in [2.45, 2.75) is 84.2 Å². The Balaban J connectivity index is 2.51. The zero-order valence-electron chi connectivity index (χ0n) is 26.0. The second-order valence-electron chi connectivity index (χ2n) is 12.2. The Labute approximate surface area is 253 Å². The molecular weight excluding hydrogens is 554 g/mol. The number of hydrogen-bond acceptors (Lipinski definition) is 8. The minimum Gasteiger partial charge on any atom is -0.458 e. The van der Waals surface area contributed by atoms with Crippen LogP contribution < -0.4 is 10.6 Å². The molecule has 0 saturated carbocycles. The molecule has 0 bridgehead atoms. The van der Waals surface area contributed by atoms with Crippen molar-refractivity contribution < 1.29 is 38.9 Å². The number of rotatable bonds is 12. The highest BCUT2D eigenvalue weighted by molar-refractivity contribution is 5.94. The van der Waals surface area contributed by atoms with Gasteiger partial charge in [-0.1, -0.05) is 60.2 Å². The molecule has 0 aliphatic rings. The number of aliphatic hydroxyl groups excluding tert-OH is 2. The average molecular weight is 600 g/mol. The van der Waals surface area contributed by atoms with Crippen molar-refractivity contribution in [2.24, 2.45) is 0 Å². The van der Waals surface area contributed by atoms with Crippen molar-refractivity contribution >= 4 is 23.9 Å². The van der Waals surface area contributed by atoms with Crippen LogP contribution in [0.1, 0.15) is 64.3 Å². The second-order valence-corrected chi connectivity index (χ2v) is 12.2. The largest absolute Gasteiger partial charge is 0.458 e. The Morgan fingerprint density at radius 3 is 1.91 bits per heavy atom. The minimum absolute atomic E-state index is 0.121. The maximum atomic E-state index is 14.1. The number of hydrogen-bond donors (Lipinski definition) is 4. The van der Waals surface area contributed by atoms with E-state index in [1.54, 1.807) is 65.8 Å².